The van der Waals surface area contributed by atoms with E-state index < -0.39 is 0 Å². The molecule has 0 aromatic carbocycles. The van der Waals surface area contributed by atoms with E-state index in [-0.39, 0.29) is 19.1 Å². The lowest BCUT2D eigenvalue weighted by Crippen LogP contribution is -2.09. The average Bonchev–Trinajstić information content (AvgIpc) is 2.90. The summed E-state index contributed by atoms with van der Waals surface area (Å²) in [6.07, 6.45) is 7.80. The number of aliphatic hydroxyl groups excluding tert-OH is 2. The first-order valence-electron chi connectivity index (χ1n) is 6.50. The van der Waals surface area contributed by atoms with E-state index in [1.165, 1.54) is 6.33 Å². The molecule has 0 radical (unpaired) electrons. The molecule has 0 aliphatic carbocycles. The topological polar surface area (TPSA) is 96.1 Å². The number of fused-ring (bicyclic) bond motifs is 1. The van der Waals surface area contributed by atoms with Gasteiger partial charge in [0.05, 0.1) is 6.33 Å². The summed E-state index contributed by atoms with van der Waals surface area (Å²) >= 11 is 0. The molecule has 0 unspecified atom stereocenters. The van der Waals surface area contributed by atoms with Crippen molar-refractivity contribution in [3.63, 3.8) is 0 Å². The lowest BCUT2D eigenvalue weighted by molar-refractivity contribution is 0.152. The van der Waals surface area contributed by atoms with Crippen LogP contribution in [0.3, 0.4) is 0 Å². The van der Waals surface area contributed by atoms with Crippen molar-refractivity contribution in [2.75, 3.05) is 25.6 Å². The predicted octanol–water partition coefficient (Wildman–Crippen LogP) is 0.415. The van der Waals surface area contributed by atoms with Crippen LogP contribution in [0.4, 0.5) is 5.82 Å². The Bertz CT molecular complexity index is 577. The summed E-state index contributed by atoms with van der Waals surface area (Å²) in [5.74, 6) is 0.613. The summed E-state index contributed by atoms with van der Waals surface area (Å²) in [4.78, 5) is 12.6. The van der Waals surface area contributed by atoms with Gasteiger partial charge in [0.15, 0.2) is 11.5 Å². The van der Waals surface area contributed by atoms with Gasteiger partial charge in [0.1, 0.15) is 11.8 Å². The second-order valence-electron chi connectivity index (χ2n) is 4.48. The monoisotopic (exact) mass is 277 g/mol. The van der Waals surface area contributed by atoms with Crippen LogP contribution in [-0.2, 0) is 6.54 Å². The number of hydrogen-bond donors (Lipinski definition) is 3. The zero-order chi connectivity index (χ0) is 14.4. The summed E-state index contributed by atoms with van der Waals surface area (Å²) in [7, 11) is 1.80. The summed E-state index contributed by atoms with van der Waals surface area (Å²) < 4.78 is 1.92. The van der Waals surface area contributed by atoms with Gasteiger partial charge in [-0.2, -0.15) is 0 Å². The quantitative estimate of drug-likeness (QED) is 0.635. The van der Waals surface area contributed by atoms with Crippen molar-refractivity contribution < 1.29 is 10.2 Å². The lowest BCUT2D eigenvalue weighted by atomic mass is 10.1. The molecule has 0 saturated carbocycles. The molecule has 0 amide bonds. The Balaban J connectivity index is 2.05. The molecule has 0 saturated heterocycles. The first-order chi connectivity index (χ1) is 9.80. The highest BCUT2D eigenvalue weighted by Crippen LogP contribution is 2.16. The van der Waals surface area contributed by atoms with Crippen LogP contribution in [0.5, 0.6) is 0 Å². The van der Waals surface area contributed by atoms with E-state index in [0.717, 1.165) is 11.2 Å². The fourth-order valence-corrected chi connectivity index (χ4v) is 1.88. The molecule has 0 fully saturated rings. The number of nitrogens with one attached hydrogen (secondary N) is 1. The fourth-order valence-electron chi connectivity index (χ4n) is 1.88. The van der Waals surface area contributed by atoms with Crippen LogP contribution in [0.2, 0.25) is 0 Å². The molecule has 20 heavy (non-hydrogen) atoms. The molecule has 108 valence electrons. The SMILES string of the molecule is CNc1ncnc2c1ncn2C/C=C/CC(CO)CO. The largest absolute Gasteiger partial charge is 0.396 e. The number of anilines is 1. The second kappa shape index (κ2) is 6.97. The smallest absolute Gasteiger partial charge is 0.165 e. The van der Waals surface area contributed by atoms with Crippen molar-refractivity contribution in [2.45, 2.75) is 13.0 Å². The third-order valence-electron chi connectivity index (χ3n) is 3.09. The number of hydrogen-bond acceptors (Lipinski definition) is 6. The van der Waals surface area contributed by atoms with Gasteiger partial charge in [-0.15, -0.1) is 0 Å². The van der Waals surface area contributed by atoms with E-state index in [1.54, 1.807) is 13.4 Å². The summed E-state index contributed by atoms with van der Waals surface area (Å²) in [5.41, 5.74) is 1.52. The zero-order valence-corrected chi connectivity index (χ0v) is 11.4. The molecule has 2 aromatic rings. The average molecular weight is 277 g/mol. The molecule has 7 nitrogen and oxygen atoms in total. The first-order valence-corrected chi connectivity index (χ1v) is 6.50. The van der Waals surface area contributed by atoms with Crippen molar-refractivity contribution in [1.29, 1.82) is 0 Å². The lowest BCUT2D eigenvalue weighted by Gasteiger charge is -2.06. The highest BCUT2D eigenvalue weighted by atomic mass is 16.3. The maximum Gasteiger partial charge on any atom is 0.165 e. The molecule has 2 aromatic heterocycles. The number of imidazole rings is 1. The molecule has 7 heteroatoms. The third-order valence-corrected chi connectivity index (χ3v) is 3.09. The van der Waals surface area contributed by atoms with Gasteiger partial charge < -0.3 is 20.1 Å². The molecule has 0 spiro atoms. The molecule has 0 bridgehead atoms. The van der Waals surface area contributed by atoms with E-state index in [2.05, 4.69) is 20.3 Å². The maximum absolute atomic E-state index is 8.98. The predicted molar refractivity (Wildman–Crippen MR) is 76.3 cm³/mol. The van der Waals surface area contributed by atoms with Crippen molar-refractivity contribution in [3.05, 3.63) is 24.8 Å². The van der Waals surface area contributed by atoms with Crippen molar-refractivity contribution in [2.24, 2.45) is 5.92 Å². The van der Waals surface area contributed by atoms with Gasteiger partial charge in [-0.1, -0.05) is 12.2 Å². The van der Waals surface area contributed by atoms with Crippen molar-refractivity contribution >= 4 is 17.0 Å². The van der Waals surface area contributed by atoms with Crippen LogP contribution in [0.1, 0.15) is 6.42 Å². The van der Waals surface area contributed by atoms with E-state index >= 15 is 0 Å². The second-order valence-corrected chi connectivity index (χ2v) is 4.48. The Labute approximate surface area is 117 Å². The molecule has 0 atom stereocenters. The Morgan fingerprint density at radius 3 is 2.75 bits per heavy atom. The standard InChI is InChI=1S/C13H19N5O2/c1-14-12-11-13(16-8-15-12)18(9-17-11)5-3-2-4-10(6-19)7-20/h2-3,8-10,19-20H,4-7H2,1H3,(H,14,15,16)/b3-2+. The number of aromatic nitrogens is 4. The first kappa shape index (κ1) is 14.4. The highest BCUT2D eigenvalue weighted by molar-refractivity contribution is 5.82. The highest BCUT2D eigenvalue weighted by Gasteiger charge is 2.07. The van der Waals surface area contributed by atoms with Crippen molar-refractivity contribution in [3.8, 4) is 0 Å². The number of aliphatic hydroxyl groups is 2. The van der Waals surface area contributed by atoms with Crippen LogP contribution in [-0.4, -0.2) is 50.0 Å². The minimum atomic E-state index is -0.0935. The van der Waals surface area contributed by atoms with Gasteiger partial charge in [0.25, 0.3) is 0 Å². The van der Waals surface area contributed by atoms with Gasteiger partial charge in [0.2, 0.25) is 0 Å². The van der Waals surface area contributed by atoms with Gasteiger partial charge >= 0.3 is 0 Å². The van der Waals surface area contributed by atoms with E-state index in [0.29, 0.717) is 18.8 Å². The van der Waals surface area contributed by atoms with Crippen LogP contribution < -0.4 is 5.32 Å². The zero-order valence-electron chi connectivity index (χ0n) is 11.4. The molecule has 0 aliphatic heterocycles. The molecule has 0 aliphatic rings. The molecular weight excluding hydrogens is 258 g/mol. The Morgan fingerprint density at radius 2 is 2.05 bits per heavy atom. The van der Waals surface area contributed by atoms with Crippen LogP contribution in [0, 0.1) is 5.92 Å². The third kappa shape index (κ3) is 3.12. The van der Waals surface area contributed by atoms with Gasteiger partial charge in [-0.3, -0.25) is 0 Å². The molecular formula is C13H19N5O2. The van der Waals surface area contributed by atoms with Crippen molar-refractivity contribution in [1.82, 2.24) is 19.5 Å². The fraction of sp³-hybridized carbons (Fsp3) is 0.462. The van der Waals surface area contributed by atoms with Gasteiger partial charge in [0, 0.05) is 32.7 Å². The Kier molecular flexibility index (Phi) is 5.03. The number of nitrogens with zero attached hydrogens (tertiary/aromatic N) is 4. The minimum Gasteiger partial charge on any atom is -0.396 e. The normalized spacial score (nSPS) is 11.8. The number of allylic oxidation sites excluding steroid dienone is 2. The van der Waals surface area contributed by atoms with Crippen LogP contribution in [0.15, 0.2) is 24.8 Å². The van der Waals surface area contributed by atoms with E-state index in [1.807, 2.05) is 16.7 Å². The summed E-state index contributed by atoms with van der Waals surface area (Å²) in [6.45, 7) is 0.626. The van der Waals surface area contributed by atoms with Gasteiger partial charge in [-0.05, 0) is 6.42 Å². The number of rotatable bonds is 7. The van der Waals surface area contributed by atoms with E-state index in [9.17, 15) is 0 Å². The summed E-state index contributed by atoms with van der Waals surface area (Å²) in [6, 6.07) is 0. The Hall–Kier alpha value is -1.99. The van der Waals surface area contributed by atoms with Crippen LogP contribution >= 0.6 is 0 Å². The van der Waals surface area contributed by atoms with Gasteiger partial charge in [-0.25, -0.2) is 15.0 Å². The maximum atomic E-state index is 8.98. The molecule has 2 rings (SSSR count). The van der Waals surface area contributed by atoms with Crippen LogP contribution in [0.25, 0.3) is 11.2 Å². The van der Waals surface area contributed by atoms with E-state index in [4.69, 9.17) is 10.2 Å². The molecule has 3 N–H and O–H groups in total. The molecule has 2 heterocycles. The summed E-state index contributed by atoms with van der Waals surface area (Å²) in [5, 5.41) is 20.9. The minimum absolute atomic E-state index is 0.00635. The Morgan fingerprint density at radius 1 is 1.25 bits per heavy atom.